The summed E-state index contributed by atoms with van der Waals surface area (Å²) < 4.78 is 10.4. The normalized spacial score (nSPS) is 11.2. The van der Waals surface area contributed by atoms with Crippen molar-refractivity contribution in [2.75, 3.05) is 23.9 Å². The Labute approximate surface area is 131 Å². The van der Waals surface area contributed by atoms with E-state index in [1.54, 1.807) is 13.8 Å². The highest BCUT2D eigenvalue weighted by Crippen LogP contribution is 2.30. The van der Waals surface area contributed by atoms with Gasteiger partial charge < -0.3 is 9.47 Å². The topological polar surface area (TPSA) is 52.6 Å². The molecular weight excluding hydrogens is 380 g/mol. The first-order valence-electron chi connectivity index (χ1n) is 6.55. The van der Waals surface area contributed by atoms with Crippen molar-refractivity contribution in [3.63, 3.8) is 0 Å². The number of carbonyl (C=O) groups is 2. The van der Waals surface area contributed by atoms with Crippen molar-refractivity contribution in [3.05, 3.63) is 0 Å². The van der Waals surface area contributed by atoms with Gasteiger partial charge in [0, 0.05) is 10.7 Å². The molecule has 0 saturated carbocycles. The van der Waals surface area contributed by atoms with Gasteiger partial charge in [-0.15, -0.1) is 0 Å². The summed E-state index contributed by atoms with van der Waals surface area (Å²) in [4.78, 5) is 24.3. The Balaban J connectivity index is 4.62. The molecule has 4 nitrogen and oxygen atoms in total. The minimum Gasteiger partial charge on any atom is -0.465 e. The van der Waals surface area contributed by atoms with Crippen molar-refractivity contribution in [1.29, 1.82) is 0 Å². The Bertz CT molecular complexity index is 254. The van der Waals surface area contributed by atoms with E-state index in [0.29, 0.717) is 26.1 Å². The van der Waals surface area contributed by atoms with Gasteiger partial charge in [-0.1, -0.05) is 45.7 Å². The third-order valence-corrected chi connectivity index (χ3v) is 4.13. The Hall–Kier alpha value is -0.100. The SMILES string of the molecule is CCC(CC)(C(=O)OCCCBr)C(=O)OCCCBr. The first kappa shape index (κ1) is 18.9. The predicted octanol–water partition coefficient (Wildman–Crippen LogP) is 3.45. The lowest BCUT2D eigenvalue weighted by Crippen LogP contribution is -2.41. The summed E-state index contributed by atoms with van der Waals surface area (Å²) in [5.74, 6) is -0.940. The van der Waals surface area contributed by atoms with Crippen LogP contribution in [0.25, 0.3) is 0 Å². The molecule has 112 valence electrons. The molecule has 0 aliphatic heterocycles. The number of alkyl halides is 2. The summed E-state index contributed by atoms with van der Waals surface area (Å²) in [6, 6.07) is 0. The highest BCUT2D eigenvalue weighted by Gasteiger charge is 2.45. The van der Waals surface area contributed by atoms with E-state index in [0.717, 1.165) is 23.5 Å². The summed E-state index contributed by atoms with van der Waals surface area (Å²) in [7, 11) is 0. The summed E-state index contributed by atoms with van der Waals surface area (Å²) in [5, 5.41) is 1.53. The summed E-state index contributed by atoms with van der Waals surface area (Å²) in [6.07, 6.45) is 2.25. The number of carbonyl (C=O) groups excluding carboxylic acids is 2. The van der Waals surface area contributed by atoms with Gasteiger partial charge in [0.1, 0.15) is 0 Å². The highest BCUT2D eigenvalue weighted by molar-refractivity contribution is 9.09. The van der Waals surface area contributed by atoms with Crippen molar-refractivity contribution >= 4 is 43.8 Å². The molecule has 0 aromatic heterocycles. The number of ether oxygens (including phenoxy) is 2. The lowest BCUT2D eigenvalue weighted by atomic mass is 9.82. The monoisotopic (exact) mass is 400 g/mol. The highest BCUT2D eigenvalue weighted by atomic mass is 79.9. The fourth-order valence-electron chi connectivity index (χ4n) is 1.63. The van der Waals surface area contributed by atoms with Crippen LogP contribution in [0.15, 0.2) is 0 Å². The zero-order valence-corrected chi connectivity index (χ0v) is 14.7. The second-order valence-corrected chi connectivity index (χ2v) is 5.73. The van der Waals surface area contributed by atoms with Gasteiger partial charge in [0.15, 0.2) is 5.41 Å². The van der Waals surface area contributed by atoms with E-state index in [4.69, 9.17) is 9.47 Å². The van der Waals surface area contributed by atoms with Crippen LogP contribution in [0.4, 0.5) is 0 Å². The third kappa shape index (κ3) is 5.81. The number of hydrogen-bond donors (Lipinski definition) is 0. The van der Waals surface area contributed by atoms with Gasteiger partial charge in [-0.2, -0.15) is 0 Å². The molecule has 0 atom stereocenters. The molecule has 6 heteroatoms. The number of esters is 2. The Morgan fingerprint density at radius 1 is 0.895 bits per heavy atom. The first-order valence-corrected chi connectivity index (χ1v) is 8.79. The number of rotatable bonds is 10. The van der Waals surface area contributed by atoms with E-state index < -0.39 is 17.4 Å². The summed E-state index contributed by atoms with van der Waals surface area (Å²) in [5.41, 5.74) is -1.15. The quantitative estimate of drug-likeness (QED) is 0.243. The Morgan fingerprint density at radius 2 is 1.26 bits per heavy atom. The molecule has 0 N–H and O–H groups in total. The van der Waals surface area contributed by atoms with E-state index in [-0.39, 0.29) is 0 Å². The van der Waals surface area contributed by atoms with Gasteiger partial charge in [-0.3, -0.25) is 9.59 Å². The van der Waals surface area contributed by atoms with Crippen molar-refractivity contribution in [1.82, 2.24) is 0 Å². The summed E-state index contributed by atoms with van der Waals surface area (Å²) in [6.45, 7) is 4.25. The Morgan fingerprint density at radius 3 is 1.53 bits per heavy atom. The number of halogens is 2. The molecule has 0 heterocycles. The average Bonchev–Trinajstić information content (AvgIpc) is 2.41. The maximum absolute atomic E-state index is 12.1. The molecular formula is C13H22Br2O4. The van der Waals surface area contributed by atoms with Gasteiger partial charge in [0.2, 0.25) is 0 Å². The zero-order valence-electron chi connectivity index (χ0n) is 11.5. The molecule has 0 aliphatic rings. The van der Waals surface area contributed by atoms with E-state index in [9.17, 15) is 9.59 Å². The molecule has 0 amide bonds. The molecule has 0 spiro atoms. The van der Waals surface area contributed by atoms with Crippen molar-refractivity contribution in [2.24, 2.45) is 5.41 Å². The van der Waals surface area contributed by atoms with E-state index in [1.165, 1.54) is 0 Å². The minimum absolute atomic E-state index is 0.320. The van der Waals surface area contributed by atoms with Crippen LogP contribution in [-0.4, -0.2) is 35.8 Å². The molecule has 0 fully saturated rings. The van der Waals surface area contributed by atoms with E-state index in [2.05, 4.69) is 31.9 Å². The zero-order chi connectivity index (χ0) is 14.7. The van der Waals surface area contributed by atoms with Gasteiger partial charge in [-0.25, -0.2) is 0 Å². The largest absolute Gasteiger partial charge is 0.465 e. The van der Waals surface area contributed by atoms with Crippen LogP contribution in [-0.2, 0) is 19.1 Å². The first-order chi connectivity index (χ1) is 9.08. The molecule has 0 aliphatic carbocycles. The van der Waals surface area contributed by atoms with Crippen LogP contribution in [0.3, 0.4) is 0 Å². The molecule has 19 heavy (non-hydrogen) atoms. The molecule has 0 saturated heterocycles. The lowest BCUT2D eigenvalue weighted by Gasteiger charge is -2.26. The maximum atomic E-state index is 12.1. The maximum Gasteiger partial charge on any atom is 0.323 e. The van der Waals surface area contributed by atoms with Crippen LogP contribution in [0.5, 0.6) is 0 Å². The molecule has 0 rings (SSSR count). The molecule has 0 aromatic carbocycles. The average molecular weight is 402 g/mol. The van der Waals surface area contributed by atoms with Gasteiger partial charge in [-0.05, 0) is 25.7 Å². The lowest BCUT2D eigenvalue weighted by molar-refractivity contribution is -0.173. The predicted molar refractivity (Wildman–Crippen MR) is 81.8 cm³/mol. The second kappa shape index (κ2) is 10.7. The van der Waals surface area contributed by atoms with Gasteiger partial charge >= 0.3 is 11.9 Å². The van der Waals surface area contributed by atoms with Crippen LogP contribution < -0.4 is 0 Å². The minimum atomic E-state index is -1.15. The van der Waals surface area contributed by atoms with E-state index >= 15 is 0 Å². The fraction of sp³-hybridized carbons (Fsp3) is 0.846. The molecule has 0 radical (unpaired) electrons. The second-order valence-electron chi connectivity index (χ2n) is 4.15. The van der Waals surface area contributed by atoms with Gasteiger partial charge in [0.25, 0.3) is 0 Å². The number of hydrogen-bond acceptors (Lipinski definition) is 4. The smallest absolute Gasteiger partial charge is 0.323 e. The van der Waals surface area contributed by atoms with Crippen molar-refractivity contribution in [2.45, 2.75) is 39.5 Å². The standard InChI is InChI=1S/C13H22Br2O4/c1-3-13(4-2,11(16)18-9-5-7-14)12(17)19-10-6-8-15/h3-10H2,1-2H3. The molecule has 0 aromatic rings. The molecule has 0 bridgehead atoms. The van der Waals surface area contributed by atoms with Crippen LogP contribution in [0.2, 0.25) is 0 Å². The van der Waals surface area contributed by atoms with Gasteiger partial charge in [0.05, 0.1) is 13.2 Å². The van der Waals surface area contributed by atoms with E-state index in [1.807, 2.05) is 0 Å². The Kier molecular flexibility index (Phi) is 10.6. The van der Waals surface area contributed by atoms with Crippen LogP contribution in [0, 0.1) is 5.41 Å². The summed E-state index contributed by atoms with van der Waals surface area (Å²) >= 11 is 6.54. The van der Waals surface area contributed by atoms with Crippen molar-refractivity contribution in [3.8, 4) is 0 Å². The third-order valence-electron chi connectivity index (χ3n) is 3.01. The van der Waals surface area contributed by atoms with Crippen molar-refractivity contribution < 1.29 is 19.1 Å². The molecule has 0 unspecified atom stereocenters. The fourth-order valence-corrected chi connectivity index (χ4v) is 2.08. The van der Waals surface area contributed by atoms with Crippen LogP contribution in [0.1, 0.15) is 39.5 Å². The van der Waals surface area contributed by atoms with Crippen LogP contribution >= 0.6 is 31.9 Å².